The summed E-state index contributed by atoms with van der Waals surface area (Å²) in [5.74, 6) is 0.857. The number of fused-ring (bicyclic) bond motifs is 1. The van der Waals surface area contributed by atoms with Crippen molar-refractivity contribution in [3.05, 3.63) is 102 Å². The Morgan fingerprint density at radius 2 is 1.34 bits per heavy atom. The SMILES string of the molecule is Cc1cc(-c2ccc3c(-c4ccccc4)c(-c4ccccc4)oc3n2)cc(C(C)(C)C)c1. The Morgan fingerprint density at radius 1 is 0.688 bits per heavy atom. The zero-order valence-corrected chi connectivity index (χ0v) is 19.0. The van der Waals surface area contributed by atoms with Gasteiger partial charge < -0.3 is 4.42 Å². The maximum absolute atomic E-state index is 6.42. The van der Waals surface area contributed by atoms with E-state index in [9.17, 15) is 0 Å². The fraction of sp³-hybridized carbons (Fsp3) is 0.167. The van der Waals surface area contributed by atoms with E-state index in [2.05, 4.69) is 94.4 Å². The molecule has 0 unspecified atom stereocenters. The number of hydrogen-bond donors (Lipinski definition) is 0. The van der Waals surface area contributed by atoms with Crippen LogP contribution in [0.2, 0.25) is 0 Å². The van der Waals surface area contributed by atoms with Crippen molar-refractivity contribution >= 4 is 11.1 Å². The van der Waals surface area contributed by atoms with E-state index in [0.29, 0.717) is 5.71 Å². The second-order valence-corrected chi connectivity index (χ2v) is 9.43. The summed E-state index contributed by atoms with van der Waals surface area (Å²) in [4.78, 5) is 4.98. The van der Waals surface area contributed by atoms with Gasteiger partial charge in [-0.15, -0.1) is 0 Å². The summed E-state index contributed by atoms with van der Waals surface area (Å²) in [5, 5.41) is 1.03. The number of benzene rings is 3. The quantitative estimate of drug-likeness (QED) is 0.294. The smallest absolute Gasteiger partial charge is 0.227 e. The van der Waals surface area contributed by atoms with E-state index < -0.39 is 0 Å². The van der Waals surface area contributed by atoms with Crippen LogP contribution >= 0.6 is 0 Å². The molecule has 0 aliphatic rings. The van der Waals surface area contributed by atoms with Crippen LogP contribution in [0.1, 0.15) is 31.9 Å². The molecule has 0 radical (unpaired) electrons. The van der Waals surface area contributed by atoms with Crippen LogP contribution in [0, 0.1) is 6.92 Å². The molecule has 0 amide bonds. The lowest BCUT2D eigenvalue weighted by Crippen LogP contribution is -2.11. The van der Waals surface area contributed by atoms with Crippen LogP contribution in [0.3, 0.4) is 0 Å². The predicted octanol–water partition coefficient (Wildman–Crippen LogP) is 8.43. The van der Waals surface area contributed by atoms with Crippen molar-refractivity contribution in [2.75, 3.05) is 0 Å². The van der Waals surface area contributed by atoms with Gasteiger partial charge in [-0.25, -0.2) is 4.98 Å². The van der Waals surface area contributed by atoms with E-state index in [4.69, 9.17) is 9.40 Å². The minimum absolute atomic E-state index is 0.0799. The fourth-order valence-corrected chi connectivity index (χ4v) is 4.19. The zero-order chi connectivity index (χ0) is 22.3. The minimum Gasteiger partial charge on any atom is -0.437 e. The van der Waals surface area contributed by atoms with Crippen molar-refractivity contribution in [2.24, 2.45) is 0 Å². The standard InChI is InChI=1S/C30H27NO/c1-20-17-23(19-24(18-20)30(2,3)4)26-16-15-25-27(21-11-7-5-8-12-21)28(32-29(25)31-26)22-13-9-6-10-14-22/h5-19H,1-4H3. The molecular formula is C30H27NO. The maximum Gasteiger partial charge on any atom is 0.227 e. The lowest BCUT2D eigenvalue weighted by Gasteiger charge is -2.20. The topological polar surface area (TPSA) is 26.0 Å². The van der Waals surface area contributed by atoms with Crippen molar-refractivity contribution in [2.45, 2.75) is 33.1 Å². The van der Waals surface area contributed by atoms with E-state index in [1.807, 2.05) is 24.3 Å². The first kappa shape index (κ1) is 20.3. The number of aromatic nitrogens is 1. The Morgan fingerprint density at radius 3 is 2.00 bits per heavy atom. The van der Waals surface area contributed by atoms with Gasteiger partial charge in [-0.05, 0) is 47.7 Å². The molecule has 0 saturated heterocycles. The van der Waals surface area contributed by atoms with Crippen molar-refractivity contribution in [3.8, 4) is 33.7 Å². The molecular weight excluding hydrogens is 390 g/mol. The molecule has 5 aromatic rings. The summed E-state index contributed by atoms with van der Waals surface area (Å²) in [6.45, 7) is 8.87. The van der Waals surface area contributed by atoms with Crippen LogP contribution in [0.5, 0.6) is 0 Å². The van der Waals surface area contributed by atoms with Crippen LogP contribution in [-0.2, 0) is 5.41 Å². The highest BCUT2D eigenvalue weighted by Crippen LogP contribution is 2.41. The molecule has 32 heavy (non-hydrogen) atoms. The number of nitrogens with zero attached hydrogens (tertiary/aromatic N) is 1. The summed E-state index contributed by atoms with van der Waals surface area (Å²) in [5.41, 5.74) is 8.62. The van der Waals surface area contributed by atoms with Gasteiger partial charge in [0.25, 0.3) is 0 Å². The van der Waals surface area contributed by atoms with Gasteiger partial charge in [0, 0.05) is 22.1 Å². The number of aryl methyl sites for hydroxylation is 1. The molecule has 0 aliphatic heterocycles. The van der Waals surface area contributed by atoms with Gasteiger partial charge in [-0.1, -0.05) is 93.1 Å². The summed E-state index contributed by atoms with van der Waals surface area (Å²) < 4.78 is 6.42. The molecule has 2 heterocycles. The van der Waals surface area contributed by atoms with Crippen LogP contribution in [-0.4, -0.2) is 4.98 Å². The molecule has 2 heteroatoms. The Hall–Kier alpha value is -3.65. The lowest BCUT2D eigenvalue weighted by molar-refractivity contribution is 0.590. The van der Waals surface area contributed by atoms with Crippen LogP contribution in [0.15, 0.2) is 95.4 Å². The van der Waals surface area contributed by atoms with Crippen molar-refractivity contribution < 1.29 is 4.42 Å². The van der Waals surface area contributed by atoms with Crippen LogP contribution < -0.4 is 0 Å². The van der Waals surface area contributed by atoms with Gasteiger partial charge in [-0.2, -0.15) is 0 Å². The molecule has 0 fully saturated rings. The number of rotatable bonds is 3. The highest BCUT2D eigenvalue weighted by molar-refractivity contribution is 6.01. The molecule has 0 saturated carbocycles. The van der Waals surface area contributed by atoms with Gasteiger partial charge in [0.15, 0.2) is 0 Å². The summed E-state index contributed by atoms with van der Waals surface area (Å²) in [6.07, 6.45) is 0. The average Bonchev–Trinajstić information content (AvgIpc) is 3.18. The molecule has 2 aromatic heterocycles. The highest BCUT2D eigenvalue weighted by Gasteiger charge is 2.20. The van der Waals surface area contributed by atoms with E-state index in [0.717, 1.165) is 39.1 Å². The summed E-state index contributed by atoms with van der Waals surface area (Å²) >= 11 is 0. The third-order valence-electron chi connectivity index (χ3n) is 5.89. The molecule has 2 nitrogen and oxygen atoms in total. The third kappa shape index (κ3) is 3.73. The molecule has 0 atom stereocenters. The van der Waals surface area contributed by atoms with E-state index in [1.54, 1.807) is 0 Å². The van der Waals surface area contributed by atoms with E-state index in [1.165, 1.54) is 11.1 Å². The van der Waals surface area contributed by atoms with Crippen molar-refractivity contribution in [1.29, 1.82) is 0 Å². The van der Waals surface area contributed by atoms with Crippen LogP contribution in [0.25, 0.3) is 44.8 Å². The first-order valence-corrected chi connectivity index (χ1v) is 11.1. The second-order valence-electron chi connectivity index (χ2n) is 9.43. The Labute approximate surface area is 189 Å². The van der Waals surface area contributed by atoms with E-state index >= 15 is 0 Å². The molecule has 0 spiro atoms. The van der Waals surface area contributed by atoms with Crippen molar-refractivity contribution in [3.63, 3.8) is 0 Å². The monoisotopic (exact) mass is 417 g/mol. The Bertz CT molecular complexity index is 1390. The second kappa shape index (κ2) is 7.80. The molecule has 0 aliphatic carbocycles. The molecule has 5 rings (SSSR count). The number of furan rings is 1. The van der Waals surface area contributed by atoms with E-state index in [-0.39, 0.29) is 5.41 Å². The van der Waals surface area contributed by atoms with Gasteiger partial charge in [0.2, 0.25) is 5.71 Å². The molecule has 3 aromatic carbocycles. The summed E-state index contributed by atoms with van der Waals surface area (Å²) in [7, 11) is 0. The average molecular weight is 418 g/mol. The first-order valence-electron chi connectivity index (χ1n) is 11.1. The minimum atomic E-state index is 0.0799. The van der Waals surface area contributed by atoms with Gasteiger partial charge in [0.05, 0.1) is 5.69 Å². The van der Waals surface area contributed by atoms with Gasteiger partial charge in [-0.3, -0.25) is 0 Å². The Kier molecular flexibility index (Phi) is 4.94. The largest absolute Gasteiger partial charge is 0.437 e. The summed E-state index contributed by atoms with van der Waals surface area (Å²) in [6, 6.07) is 31.6. The maximum atomic E-state index is 6.42. The van der Waals surface area contributed by atoms with Crippen molar-refractivity contribution in [1.82, 2.24) is 4.98 Å². The predicted molar refractivity (Wildman–Crippen MR) is 134 cm³/mol. The highest BCUT2D eigenvalue weighted by atomic mass is 16.3. The molecule has 0 N–H and O–H groups in total. The lowest BCUT2D eigenvalue weighted by atomic mass is 9.85. The third-order valence-corrected chi connectivity index (χ3v) is 5.89. The number of pyridine rings is 1. The fourth-order valence-electron chi connectivity index (χ4n) is 4.19. The molecule has 0 bridgehead atoms. The van der Waals surface area contributed by atoms with Crippen LogP contribution in [0.4, 0.5) is 0 Å². The number of hydrogen-bond acceptors (Lipinski definition) is 2. The molecule has 158 valence electrons. The first-order chi connectivity index (χ1) is 15.4. The van der Waals surface area contributed by atoms with Gasteiger partial charge in [0.1, 0.15) is 5.76 Å². The van der Waals surface area contributed by atoms with Gasteiger partial charge >= 0.3 is 0 Å². The zero-order valence-electron chi connectivity index (χ0n) is 19.0. The normalized spacial score (nSPS) is 11.8. The Balaban J connectivity index is 1.72.